The van der Waals surface area contributed by atoms with E-state index in [9.17, 15) is 69.1 Å². The summed E-state index contributed by atoms with van der Waals surface area (Å²) in [6, 6.07) is 55.4. The summed E-state index contributed by atoms with van der Waals surface area (Å²) in [4.78, 5) is -0.638. The Labute approximate surface area is 539 Å². The van der Waals surface area contributed by atoms with Crippen LogP contribution >= 0.6 is 0 Å². The number of benzene rings is 11. The minimum atomic E-state index is -4.71. The zero-order valence-corrected chi connectivity index (χ0v) is 52.0. The maximum absolute atomic E-state index is 11.9. The maximum atomic E-state index is 11.9. The van der Waals surface area contributed by atoms with Crippen LogP contribution in [0.2, 0.25) is 0 Å². The molecule has 14 nitrogen and oxygen atoms in total. The Balaban J connectivity index is 0.733. The van der Waals surface area contributed by atoms with E-state index in [1.165, 1.54) is 18.2 Å². The van der Waals surface area contributed by atoms with E-state index in [0.29, 0.717) is 113 Å². The third-order valence-corrected chi connectivity index (χ3v) is 18.0. The molecule has 0 saturated carbocycles. The lowest BCUT2D eigenvalue weighted by atomic mass is 9.93. The van der Waals surface area contributed by atoms with Gasteiger partial charge in [0.25, 0.3) is 10.1 Å². The lowest BCUT2D eigenvalue weighted by molar-refractivity contribution is 0.442. The number of aryl methyl sites for hydroxylation is 2. The molecule has 0 saturated heterocycles. The molecule has 15 heteroatoms. The molecule has 0 heterocycles. The van der Waals surface area contributed by atoms with Gasteiger partial charge in [-0.05, 0) is 203 Å². The number of hydrogen-bond donors (Lipinski definition) is 12. The van der Waals surface area contributed by atoms with Crippen LogP contribution in [-0.4, -0.2) is 69.1 Å². The van der Waals surface area contributed by atoms with Crippen LogP contribution in [0, 0.1) is 13.8 Å². The van der Waals surface area contributed by atoms with Gasteiger partial charge in [-0.15, -0.1) is 0 Å². The predicted molar refractivity (Wildman–Crippen MR) is 357 cm³/mol. The monoisotopic (exact) mass is 1260 g/mol. The largest absolute Gasteiger partial charge is 0.508 e. The van der Waals surface area contributed by atoms with Crippen molar-refractivity contribution in [1.82, 2.24) is 0 Å². The molecule has 0 spiro atoms. The van der Waals surface area contributed by atoms with E-state index in [1.54, 1.807) is 97.9 Å². The first-order chi connectivity index (χ1) is 44.4. The van der Waals surface area contributed by atoms with Gasteiger partial charge in [0, 0.05) is 64.2 Å². The van der Waals surface area contributed by atoms with Crippen LogP contribution in [-0.2, 0) is 74.3 Å². The van der Waals surface area contributed by atoms with Gasteiger partial charge in [0.1, 0.15) is 68.1 Å². The Morgan fingerprint density at radius 3 is 0.634 bits per heavy atom. The van der Waals surface area contributed by atoms with Crippen molar-refractivity contribution in [3.8, 4) is 63.2 Å². The standard InChI is InChI=1S/C78H70O14S/c1-45-3-13-67(79)57(23-45)25-47-4-14-68(80)58(26-47)27-48-5-15-69(81)59(28-48)29-49-6-16-70(82)60(30-49)31-50-7-17-71(83)61(32-50)33-51-8-18-72(84)62(34-51)35-52-9-19-73(85)63(36-52)37-53-10-20-74(86)64(38-53)39-54-11-21-75(87)65(40-54)41-55-12-22-76(88)66(42-55)43-56-44-78(93(90,91)92)77(89)24-46(56)2/h3-24,26,28,30,32,34,36,38,40,42,44,79-89H,25,27,29,31,33,35,37,39,41,43H2,1-2H3,(H,90,91,92). The van der Waals surface area contributed by atoms with E-state index < -0.39 is 20.8 Å². The number of hydrogen-bond acceptors (Lipinski definition) is 13. The minimum absolute atomic E-state index is 0.0358. The van der Waals surface area contributed by atoms with Crippen molar-refractivity contribution in [2.45, 2.75) is 83.0 Å². The van der Waals surface area contributed by atoms with Crippen LogP contribution in [0.25, 0.3) is 0 Å². The topological polar surface area (TPSA) is 277 Å². The molecule has 93 heavy (non-hydrogen) atoms. The molecule has 11 aromatic carbocycles. The number of rotatable bonds is 21. The molecular weight excluding hydrogens is 1190 g/mol. The van der Waals surface area contributed by atoms with Crippen LogP contribution in [0.15, 0.2) is 199 Å². The van der Waals surface area contributed by atoms with Crippen molar-refractivity contribution in [1.29, 1.82) is 0 Å². The summed E-state index contributed by atoms with van der Waals surface area (Å²) >= 11 is 0. The van der Waals surface area contributed by atoms with E-state index in [1.807, 2.05) is 91.9 Å². The second kappa shape index (κ2) is 26.9. The van der Waals surface area contributed by atoms with E-state index in [-0.39, 0.29) is 70.3 Å². The van der Waals surface area contributed by atoms with Gasteiger partial charge in [-0.1, -0.05) is 127 Å². The highest BCUT2D eigenvalue weighted by atomic mass is 32.2. The Morgan fingerprint density at radius 2 is 0.419 bits per heavy atom. The third kappa shape index (κ3) is 15.5. The predicted octanol–water partition coefficient (Wildman–Crippen LogP) is 14.2. The fourth-order valence-corrected chi connectivity index (χ4v) is 12.8. The van der Waals surface area contributed by atoms with E-state index in [2.05, 4.69) is 0 Å². The summed E-state index contributed by atoms with van der Waals surface area (Å²) in [5.41, 5.74) is 15.9. The second-order valence-electron chi connectivity index (χ2n) is 24.3. The molecule has 11 aromatic rings. The van der Waals surface area contributed by atoms with Gasteiger partial charge in [-0.3, -0.25) is 4.55 Å². The minimum Gasteiger partial charge on any atom is -0.508 e. The highest BCUT2D eigenvalue weighted by Gasteiger charge is 2.21. The van der Waals surface area contributed by atoms with Gasteiger partial charge in [0.2, 0.25) is 0 Å². The van der Waals surface area contributed by atoms with Gasteiger partial charge in [0.15, 0.2) is 0 Å². The first kappa shape index (κ1) is 63.7. The van der Waals surface area contributed by atoms with Crippen molar-refractivity contribution < 1.29 is 69.1 Å². The Morgan fingerprint density at radius 1 is 0.226 bits per heavy atom. The summed E-state index contributed by atoms with van der Waals surface area (Å²) in [5.74, 6) is 0.285. The Hall–Kier alpha value is -10.9. The molecular formula is C78H70O14S. The van der Waals surface area contributed by atoms with Crippen LogP contribution in [0.3, 0.4) is 0 Å². The van der Waals surface area contributed by atoms with E-state index in [0.717, 1.165) is 61.2 Å². The Bertz CT molecular complexity index is 4780. The fourth-order valence-electron chi connectivity index (χ4n) is 12.2. The number of phenolic OH excluding ortho intramolecular Hbond substituents is 11. The Kier molecular flexibility index (Phi) is 18.4. The second-order valence-corrected chi connectivity index (χ2v) is 25.7. The molecule has 0 amide bonds. The lowest BCUT2D eigenvalue weighted by Crippen LogP contribution is -2.02. The van der Waals surface area contributed by atoms with Gasteiger partial charge in [0.05, 0.1) is 0 Å². The van der Waals surface area contributed by atoms with Gasteiger partial charge >= 0.3 is 0 Å². The van der Waals surface area contributed by atoms with Crippen LogP contribution < -0.4 is 0 Å². The molecule has 0 bridgehead atoms. The number of phenols is 11. The summed E-state index contributed by atoms with van der Waals surface area (Å²) in [5, 5.41) is 120. The molecule has 0 radical (unpaired) electrons. The molecule has 11 rings (SSSR count). The SMILES string of the molecule is Cc1ccc(O)c(Cc2ccc(O)c(Cc3ccc(O)c(Cc4ccc(O)c(Cc5ccc(O)c(Cc6ccc(O)c(Cc7ccc(O)c(Cc8ccc(O)c(Cc9ccc(O)c(Cc%10ccc(O)c(Cc%11cc(S(=O)(=O)O)c(O)cc%11C)c%10)c9)c8)c7)c6)c5)c4)c3)c2)c1. The molecule has 0 aliphatic heterocycles. The normalized spacial score (nSPS) is 11.5. The number of aromatic hydroxyl groups is 11. The van der Waals surface area contributed by atoms with Gasteiger partial charge in [-0.25, -0.2) is 0 Å². The van der Waals surface area contributed by atoms with Crippen molar-refractivity contribution in [2.24, 2.45) is 0 Å². The lowest BCUT2D eigenvalue weighted by Gasteiger charge is -2.14. The molecule has 0 atom stereocenters. The maximum Gasteiger partial charge on any atom is 0.298 e. The van der Waals surface area contributed by atoms with Crippen molar-refractivity contribution in [3.05, 3.63) is 317 Å². The molecule has 0 aliphatic carbocycles. The summed E-state index contributed by atoms with van der Waals surface area (Å²) in [6.45, 7) is 3.65. The highest BCUT2D eigenvalue weighted by Crippen LogP contribution is 2.36. The average molecular weight is 1260 g/mol. The quantitative estimate of drug-likeness (QED) is 0.0298. The van der Waals surface area contributed by atoms with E-state index >= 15 is 0 Å². The molecule has 0 unspecified atom stereocenters. The van der Waals surface area contributed by atoms with Crippen molar-refractivity contribution >= 4 is 10.1 Å². The van der Waals surface area contributed by atoms with E-state index in [4.69, 9.17) is 0 Å². The summed E-state index contributed by atoms with van der Waals surface area (Å²) in [6.07, 6.45) is 3.22. The average Bonchev–Trinajstić information content (AvgIpc) is 0.860. The van der Waals surface area contributed by atoms with Crippen LogP contribution in [0.5, 0.6) is 63.2 Å². The molecule has 0 aliphatic rings. The molecule has 0 aromatic heterocycles. The van der Waals surface area contributed by atoms with Gasteiger partial charge in [-0.2, -0.15) is 8.42 Å². The smallest absolute Gasteiger partial charge is 0.298 e. The van der Waals surface area contributed by atoms with Crippen LogP contribution in [0.1, 0.15) is 122 Å². The molecule has 12 N–H and O–H groups in total. The molecule has 472 valence electrons. The van der Waals surface area contributed by atoms with Crippen LogP contribution in [0.4, 0.5) is 0 Å². The van der Waals surface area contributed by atoms with Crippen molar-refractivity contribution in [3.63, 3.8) is 0 Å². The molecule has 0 fully saturated rings. The fraction of sp³-hybridized carbons (Fsp3) is 0.154. The summed E-state index contributed by atoms with van der Waals surface area (Å²) in [7, 11) is -4.71. The summed E-state index contributed by atoms with van der Waals surface area (Å²) < 4.78 is 33.5. The third-order valence-electron chi connectivity index (χ3n) is 17.2. The zero-order chi connectivity index (χ0) is 65.8. The first-order valence-corrected chi connectivity index (χ1v) is 31.7. The first-order valence-electron chi connectivity index (χ1n) is 30.3. The highest BCUT2D eigenvalue weighted by molar-refractivity contribution is 7.86. The van der Waals surface area contributed by atoms with Gasteiger partial charge < -0.3 is 56.2 Å². The van der Waals surface area contributed by atoms with Crippen molar-refractivity contribution in [2.75, 3.05) is 0 Å². The zero-order valence-electron chi connectivity index (χ0n) is 51.1.